The van der Waals surface area contributed by atoms with E-state index >= 15 is 0 Å². The second-order valence-corrected chi connectivity index (χ2v) is 2.08. The van der Waals surface area contributed by atoms with Crippen molar-refractivity contribution in [3.05, 3.63) is 23.6 Å². The first kappa shape index (κ1) is 12.3. The molecule has 14 heavy (non-hydrogen) atoms. The van der Waals surface area contributed by atoms with Crippen molar-refractivity contribution >= 4 is 11.8 Å². The van der Waals surface area contributed by atoms with E-state index < -0.39 is 11.8 Å². The molecule has 0 aliphatic carbocycles. The van der Waals surface area contributed by atoms with Crippen molar-refractivity contribution in [1.82, 2.24) is 4.98 Å². The second kappa shape index (κ2) is 5.90. The summed E-state index contributed by atoms with van der Waals surface area (Å²) in [6.07, 6.45) is 1.16. The first-order valence-electron chi connectivity index (χ1n) is 4.14. The van der Waals surface area contributed by atoms with Crippen LogP contribution in [-0.2, 0) is 4.74 Å². The number of carbonyl (C=O) groups is 1. The summed E-state index contributed by atoms with van der Waals surface area (Å²) in [5.74, 6) is -1.60. The zero-order chi connectivity index (χ0) is 11.1. The number of rotatable bonds is 1. The number of hydrogen-bond acceptors (Lipinski definition) is 4. The molecule has 0 aromatic carbocycles. The summed E-state index contributed by atoms with van der Waals surface area (Å²) in [6, 6.07) is 0.980. The van der Waals surface area contributed by atoms with Gasteiger partial charge >= 0.3 is 5.97 Å². The van der Waals surface area contributed by atoms with Crippen LogP contribution < -0.4 is 5.73 Å². The van der Waals surface area contributed by atoms with Crippen molar-refractivity contribution in [2.24, 2.45) is 0 Å². The fraction of sp³-hybridized carbons (Fsp3) is 0.333. The minimum absolute atomic E-state index is 0.0456. The summed E-state index contributed by atoms with van der Waals surface area (Å²) in [7, 11) is 1.20. The molecule has 0 saturated carbocycles. The number of carbonyl (C=O) groups excluding carboxylic acids is 1. The molecule has 0 aliphatic heterocycles. The first-order valence-corrected chi connectivity index (χ1v) is 4.14. The van der Waals surface area contributed by atoms with Gasteiger partial charge in [-0.15, -0.1) is 0 Å². The van der Waals surface area contributed by atoms with Gasteiger partial charge in [-0.25, -0.2) is 14.2 Å². The lowest BCUT2D eigenvalue weighted by molar-refractivity contribution is 0.0599. The van der Waals surface area contributed by atoms with E-state index in [4.69, 9.17) is 5.73 Å². The molecular weight excluding hydrogens is 187 g/mol. The molecule has 0 radical (unpaired) electrons. The largest absolute Gasteiger partial charge is 0.465 e. The monoisotopic (exact) mass is 200 g/mol. The molecule has 1 rings (SSSR count). The van der Waals surface area contributed by atoms with Gasteiger partial charge in [0, 0.05) is 6.20 Å². The predicted molar refractivity (Wildman–Crippen MR) is 51.3 cm³/mol. The van der Waals surface area contributed by atoms with E-state index in [1.807, 2.05) is 13.8 Å². The number of pyridine rings is 1. The number of anilines is 1. The summed E-state index contributed by atoms with van der Waals surface area (Å²) in [5, 5.41) is 0. The maximum atomic E-state index is 12.7. The average Bonchev–Trinajstić information content (AvgIpc) is 2.24. The van der Waals surface area contributed by atoms with Gasteiger partial charge in [-0.1, -0.05) is 13.8 Å². The van der Waals surface area contributed by atoms with E-state index in [0.717, 1.165) is 12.3 Å². The average molecular weight is 200 g/mol. The molecular formula is C9H13FN2O2. The molecule has 0 spiro atoms. The third-order valence-electron chi connectivity index (χ3n) is 1.29. The van der Waals surface area contributed by atoms with E-state index in [0.29, 0.717) is 0 Å². The fourth-order valence-corrected chi connectivity index (χ4v) is 0.678. The van der Waals surface area contributed by atoms with Gasteiger partial charge in [0.05, 0.1) is 12.7 Å². The Morgan fingerprint density at radius 1 is 1.57 bits per heavy atom. The number of nitrogen functional groups attached to an aromatic ring is 1. The van der Waals surface area contributed by atoms with Crippen molar-refractivity contribution in [1.29, 1.82) is 0 Å². The van der Waals surface area contributed by atoms with Crippen LogP contribution >= 0.6 is 0 Å². The number of hydrogen-bond donors (Lipinski definition) is 1. The Labute approximate surface area is 81.9 Å². The smallest absolute Gasteiger partial charge is 0.339 e. The summed E-state index contributed by atoms with van der Waals surface area (Å²) < 4.78 is 17.0. The van der Waals surface area contributed by atoms with Gasteiger partial charge in [-0.05, 0) is 6.07 Å². The van der Waals surface area contributed by atoms with E-state index in [9.17, 15) is 9.18 Å². The third-order valence-corrected chi connectivity index (χ3v) is 1.29. The lowest BCUT2D eigenvalue weighted by atomic mass is 10.3. The number of nitrogens with zero attached hydrogens (tertiary/aromatic N) is 1. The summed E-state index contributed by atoms with van der Waals surface area (Å²) in [6.45, 7) is 4.00. The quantitative estimate of drug-likeness (QED) is 0.699. The lowest BCUT2D eigenvalue weighted by Crippen LogP contribution is -2.04. The normalized spacial score (nSPS) is 8.57. The molecule has 1 heterocycles. The molecule has 0 fully saturated rings. The SMILES string of the molecule is CC.COC(=O)c1cnc(N)c(F)c1. The Kier molecular flexibility index (Phi) is 5.21. The van der Waals surface area contributed by atoms with Gasteiger partial charge in [0.25, 0.3) is 0 Å². The molecule has 1 aromatic rings. The molecule has 0 amide bonds. The molecule has 0 bridgehead atoms. The maximum Gasteiger partial charge on any atom is 0.339 e. The van der Waals surface area contributed by atoms with E-state index in [2.05, 4.69) is 9.72 Å². The van der Waals surface area contributed by atoms with Crippen molar-refractivity contribution < 1.29 is 13.9 Å². The minimum Gasteiger partial charge on any atom is -0.465 e. The molecule has 0 saturated heterocycles. The van der Waals surface area contributed by atoms with Crippen LogP contribution in [0.15, 0.2) is 12.3 Å². The number of nitrogens with two attached hydrogens (primary N) is 1. The third kappa shape index (κ3) is 3.01. The highest BCUT2D eigenvalue weighted by Gasteiger charge is 2.08. The minimum atomic E-state index is -0.724. The van der Waals surface area contributed by atoms with Crippen LogP contribution in [0.3, 0.4) is 0 Å². The highest BCUT2D eigenvalue weighted by Crippen LogP contribution is 2.08. The number of esters is 1. The number of methoxy groups -OCH3 is 1. The highest BCUT2D eigenvalue weighted by atomic mass is 19.1. The van der Waals surface area contributed by atoms with Crippen molar-refractivity contribution in [2.45, 2.75) is 13.8 Å². The van der Waals surface area contributed by atoms with Crippen LogP contribution in [0.5, 0.6) is 0 Å². The zero-order valence-corrected chi connectivity index (χ0v) is 8.37. The topological polar surface area (TPSA) is 65.2 Å². The standard InChI is InChI=1S/C7H7FN2O2.C2H6/c1-12-7(11)4-2-5(8)6(9)10-3-4;1-2/h2-3H,1H3,(H2,9,10);1-2H3. The van der Waals surface area contributed by atoms with Gasteiger partial charge in [0.2, 0.25) is 0 Å². The molecule has 0 aliphatic rings. The number of halogens is 1. The zero-order valence-electron chi connectivity index (χ0n) is 8.37. The van der Waals surface area contributed by atoms with E-state index in [1.165, 1.54) is 7.11 Å². The molecule has 2 N–H and O–H groups in total. The summed E-state index contributed by atoms with van der Waals surface area (Å²) >= 11 is 0. The van der Waals surface area contributed by atoms with E-state index in [1.54, 1.807) is 0 Å². The van der Waals surface area contributed by atoms with E-state index in [-0.39, 0.29) is 11.4 Å². The fourth-order valence-electron chi connectivity index (χ4n) is 0.678. The Balaban J connectivity index is 0.000000791. The van der Waals surface area contributed by atoms with Gasteiger partial charge in [0.1, 0.15) is 0 Å². The number of ether oxygens (including phenoxy) is 1. The van der Waals surface area contributed by atoms with Gasteiger partial charge in [-0.3, -0.25) is 0 Å². The first-order chi connectivity index (χ1) is 6.65. The summed E-state index contributed by atoms with van der Waals surface area (Å²) in [5.41, 5.74) is 5.14. The van der Waals surface area contributed by atoms with Crippen LogP contribution in [-0.4, -0.2) is 18.1 Å². The molecule has 0 unspecified atom stereocenters. The Bertz CT molecular complexity index is 316. The summed E-state index contributed by atoms with van der Waals surface area (Å²) in [4.78, 5) is 14.3. The van der Waals surface area contributed by atoms with Gasteiger partial charge in [-0.2, -0.15) is 0 Å². The molecule has 5 heteroatoms. The van der Waals surface area contributed by atoms with Crippen LogP contribution in [0.4, 0.5) is 10.2 Å². The van der Waals surface area contributed by atoms with Crippen molar-refractivity contribution in [2.75, 3.05) is 12.8 Å². The lowest BCUT2D eigenvalue weighted by Gasteiger charge is -1.99. The second-order valence-electron chi connectivity index (χ2n) is 2.08. The predicted octanol–water partition coefficient (Wildman–Crippen LogP) is 1.62. The number of aromatic nitrogens is 1. The van der Waals surface area contributed by atoms with Crippen LogP contribution in [0.2, 0.25) is 0 Å². The Morgan fingerprint density at radius 3 is 2.57 bits per heavy atom. The van der Waals surface area contributed by atoms with Crippen LogP contribution in [0.1, 0.15) is 24.2 Å². The maximum absolute atomic E-state index is 12.7. The Hall–Kier alpha value is -1.65. The van der Waals surface area contributed by atoms with Gasteiger partial charge in [0.15, 0.2) is 11.6 Å². The molecule has 1 aromatic heterocycles. The van der Waals surface area contributed by atoms with Crippen molar-refractivity contribution in [3.63, 3.8) is 0 Å². The Morgan fingerprint density at radius 2 is 2.14 bits per heavy atom. The molecule has 4 nitrogen and oxygen atoms in total. The molecule has 78 valence electrons. The van der Waals surface area contributed by atoms with Gasteiger partial charge < -0.3 is 10.5 Å². The molecule has 0 atom stereocenters. The van der Waals surface area contributed by atoms with Crippen LogP contribution in [0.25, 0.3) is 0 Å². The highest BCUT2D eigenvalue weighted by molar-refractivity contribution is 5.89. The van der Waals surface area contributed by atoms with Crippen molar-refractivity contribution in [3.8, 4) is 0 Å². The van der Waals surface area contributed by atoms with Crippen LogP contribution in [0, 0.1) is 5.82 Å².